The van der Waals surface area contributed by atoms with Crippen LogP contribution in [0.4, 0.5) is 0 Å². The van der Waals surface area contributed by atoms with Crippen LogP contribution in [0.15, 0.2) is 39.8 Å². The van der Waals surface area contributed by atoms with E-state index in [1.54, 1.807) is 23.7 Å². The van der Waals surface area contributed by atoms with Gasteiger partial charge in [0.05, 0.1) is 22.8 Å². The quantitative estimate of drug-likeness (QED) is 0.645. The Hall–Kier alpha value is -2.89. The van der Waals surface area contributed by atoms with Gasteiger partial charge in [-0.05, 0) is 12.1 Å². The largest absolute Gasteiger partial charge is 0.437 e. The molecule has 110 valence electrons. The number of fused-ring (bicyclic) bond motifs is 4. The van der Waals surface area contributed by atoms with Crippen molar-refractivity contribution in [2.45, 2.75) is 12.8 Å². The molecule has 0 radical (unpaired) electrons. The van der Waals surface area contributed by atoms with Crippen LogP contribution in [0, 0.1) is 5.41 Å². The fourth-order valence-electron chi connectivity index (χ4n) is 2.89. The monoisotopic (exact) mass is 295 g/mol. The van der Waals surface area contributed by atoms with Gasteiger partial charge in [0, 0.05) is 13.0 Å². The molecule has 4 rings (SSSR count). The van der Waals surface area contributed by atoms with Crippen molar-refractivity contribution in [3.05, 3.63) is 57.6 Å². The van der Waals surface area contributed by atoms with E-state index >= 15 is 0 Å². The molecule has 0 spiro atoms. The van der Waals surface area contributed by atoms with E-state index < -0.39 is 5.63 Å². The fraction of sp³-hybridized carbons (Fsp3) is 0.188. The molecule has 6 heteroatoms. The van der Waals surface area contributed by atoms with E-state index in [4.69, 9.17) is 14.6 Å². The molecule has 0 saturated heterocycles. The minimum Gasteiger partial charge on any atom is -0.437 e. The second-order valence-electron chi connectivity index (χ2n) is 5.38. The van der Waals surface area contributed by atoms with Gasteiger partial charge in [0.1, 0.15) is 11.1 Å². The van der Waals surface area contributed by atoms with Crippen molar-refractivity contribution in [1.29, 1.82) is 5.41 Å². The van der Waals surface area contributed by atoms with Crippen LogP contribution in [-0.2, 0) is 7.05 Å². The van der Waals surface area contributed by atoms with E-state index in [1.807, 2.05) is 19.1 Å². The summed E-state index contributed by atoms with van der Waals surface area (Å²) < 4.78 is 12.9. The number of aromatic nitrogens is 2. The lowest BCUT2D eigenvalue weighted by Crippen LogP contribution is -2.29. The Labute approximate surface area is 125 Å². The zero-order valence-electron chi connectivity index (χ0n) is 12.1. The maximum atomic E-state index is 12.4. The molecule has 0 bridgehead atoms. The molecule has 1 N–H and O–H groups in total. The molecule has 1 aliphatic heterocycles. The third-order valence-corrected chi connectivity index (χ3v) is 4.05. The highest BCUT2D eigenvalue weighted by atomic mass is 16.5. The first-order valence-corrected chi connectivity index (χ1v) is 6.91. The van der Waals surface area contributed by atoms with Gasteiger partial charge in [-0.15, -0.1) is 0 Å². The lowest BCUT2D eigenvalue weighted by molar-refractivity contribution is 0.412. The number of benzene rings is 1. The second kappa shape index (κ2) is 4.30. The highest BCUT2D eigenvalue weighted by Crippen LogP contribution is 2.42. The molecule has 1 aromatic carbocycles. The molecule has 2 aromatic heterocycles. The van der Waals surface area contributed by atoms with Gasteiger partial charge in [-0.25, -0.2) is 9.78 Å². The van der Waals surface area contributed by atoms with E-state index in [-0.39, 0.29) is 11.4 Å². The first-order valence-electron chi connectivity index (χ1n) is 6.91. The predicted octanol–water partition coefficient (Wildman–Crippen LogP) is 2.26. The summed E-state index contributed by atoms with van der Waals surface area (Å²) in [5.41, 5.74) is 1.36. The van der Waals surface area contributed by atoms with E-state index in [2.05, 4.69) is 4.98 Å². The maximum absolute atomic E-state index is 12.4. The zero-order chi connectivity index (χ0) is 15.4. The first kappa shape index (κ1) is 12.8. The summed E-state index contributed by atoms with van der Waals surface area (Å²) in [4.78, 5) is 16.6. The Balaban J connectivity index is 2.11. The molecule has 3 aromatic rings. The predicted molar refractivity (Wildman–Crippen MR) is 79.1 cm³/mol. The van der Waals surface area contributed by atoms with Crippen LogP contribution in [0.3, 0.4) is 0 Å². The van der Waals surface area contributed by atoms with Gasteiger partial charge in [0.2, 0.25) is 5.88 Å². The number of para-hydroxylation sites is 1. The lowest BCUT2D eigenvalue weighted by atomic mass is 9.92. The third kappa shape index (κ3) is 1.57. The number of aryl methyl sites for hydroxylation is 1. The molecule has 3 heterocycles. The van der Waals surface area contributed by atoms with Gasteiger partial charge in [-0.1, -0.05) is 19.1 Å². The lowest BCUT2D eigenvalue weighted by Gasteiger charge is -2.24. The van der Waals surface area contributed by atoms with Crippen LogP contribution in [-0.4, -0.2) is 9.55 Å². The van der Waals surface area contributed by atoms with Crippen LogP contribution in [0.2, 0.25) is 0 Å². The van der Waals surface area contributed by atoms with Gasteiger partial charge in [0.15, 0.2) is 5.75 Å². The van der Waals surface area contributed by atoms with Crippen LogP contribution >= 0.6 is 0 Å². The molecule has 1 unspecified atom stereocenters. The van der Waals surface area contributed by atoms with E-state index in [0.29, 0.717) is 28.3 Å². The summed E-state index contributed by atoms with van der Waals surface area (Å²) >= 11 is 0. The number of hydrogen-bond acceptors (Lipinski definition) is 5. The number of nitrogens with one attached hydrogen (secondary N) is 1. The molecule has 1 atom stereocenters. The van der Waals surface area contributed by atoms with Crippen molar-refractivity contribution in [2.24, 2.45) is 7.05 Å². The van der Waals surface area contributed by atoms with Crippen molar-refractivity contribution < 1.29 is 9.15 Å². The molecule has 0 saturated carbocycles. The normalized spacial score (nSPS) is 16.0. The number of hydrogen-bond donors (Lipinski definition) is 1. The first-order chi connectivity index (χ1) is 10.6. The van der Waals surface area contributed by atoms with Gasteiger partial charge >= 0.3 is 5.63 Å². The van der Waals surface area contributed by atoms with Crippen molar-refractivity contribution in [1.82, 2.24) is 9.55 Å². The van der Waals surface area contributed by atoms with E-state index in [1.165, 1.54) is 6.33 Å². The van der Waals surface area contributed by atoms with E-state index in [9.17, 15) is 4.79 Å². The molecule has 0 fully saturated rings. The number of ether oxygens (including phenoxy) is 1. The Kier molecular flexibility index (Phi) is 2.51. The van der Waals surface area contributed by atoms with Crippen LogP contribution in [0.5, 0.6) is 11.6 Å². The maximum Gasteiger partial charge on any atom is 0.343 e. The molecule has 1 aliphatic rings. The standard InChI is InChI=1S/C16H13N3O3/c1-8-11-13(9-5-3-4-6-10(9)21-16(11)20)22-15-12(8)14(17)19(2)7-18-15/h3-8,17H,1-2H3. The van der Waals surface area contributed by atoms with Gasteiger partial charge < -0.3 is 13.7 Å². The molecule has 22 heavy (non-hydrogen) atoms. The SMILES string of the molecule is CC1c2c(c3ccccc3oc2=O)Oc2ncn(C)c(=N)c21. The van der Waals surface area contributed by atoms with Gasteiger partial charge in [0.25, 0.3) is 0 Å². The van der Waals surface area contributed by atoms with Crippen molar-refractivity contribution in [2.75, 3.05) is 0 Å². The Morgan fingerprint density at radius 2 is 2.05 bits per heavy atom. The summed E-state index contributed by atoms with van der Waals surface area (Å²) in [6.07, 6.45) is 1.53. The Morgan fingerprint density at radius 3 is 2.86 bits per heavy atom. The number of rotatable bonds is 0. The summed E-state index contributed by atoms with van der Waals surface area (Å²) in [7, 11) is 1.74. The highest BCUT2D eigenvalue weighted by Gasteiger charge is 2.32. The Bertz CT molecular complexity index is 1030. The Morgan fingerprint density at radius 1 is 1.27 bits per heavy atom. The van der Waals surface area contributed by atoms with Crippen LogP contribution < -0.4 is 15.9 Å². The minimum absolute atomic E-state index is 0.274. The summed E-state index contributed by atoms with van der Waals surface area (Å²) in [5, 5.41) is 8.92. The highest BCUT2D eigenvalue weighted by molar-refractivity contribution is 5.85. The number of nitrogens with zero attached hydrogens (tertiary/aromatic N) is 2. The molecule has 6 nitrogen and oxygen atoms in total. The van der Waals surface area contributed by atoms with Gasteiger partial charge in [-0.3, -0.25) is 5.41 Å². The average Bonchev–Trinajstić information content (AvgIpc) is 2.50. The second-order valence-corrected chi connectivity index (χ2v) is 5.38. The summed E-state index contributed by atoms with van der Waals surface area (Å²) in [6, 6.07) is 7.24. The summed E-state index contributed by atoms with van der Waals surface area (Å²) in [6.45, 7) is 1.87. The smallest absolute Gasteiger partial charge is 0.343 e. The van der Waals surface area contributed by atoms with Gasteiger partial charge in [-0.2, -0.15) is 0 Å². The van der Waals surface area contributed by atoms with E-state index in [0.717, 1.165) is 5.39 Å². The third-order valence-electron chi connectivity index (χ3n) is 4.05. The average molecular weight is 295 g/mol. The molecular weight excluding hydrogens is 282 g/mol. The molecular formula is C16H13N3O3. The topological polar surface area (TPSA) is 81.1 Å². The summed E-state index contributed by atoms with van der Waals surface area (Å²) in [5.74, 6) is 0.540. The fourth-order valence-corrected chi connectivity index (χ4v) is 2.89. The van der Waals surface area contributed by atoms with Crippen molar-refractivity contribution >= 4 is 11.0 Å². The van der Waals surface area contributed by atoms with Crippen LogP contribution in [0.1, 0.15) is 24.0 Å². The minimum atomic E-state index is -0.433. The zero-order valence-corrected chi connectivity index (χ0v) is 12.1. The molecule has 0 amide bonds. The van der Waals surface area contributed by atoms with Crippen LogP contribution in [0.25, 0.3) is 11.0 Å². The molecule has 0 aliphatic carbocycles. The van der Waals surface area contributed by atoms with Crippen molar-refractivity contribution in [3.63, 3.8) is 0 Å². The van der Waals surface area contributed by atoms with Crippen molar-refractivity contribution in [3.8, 4) is 11.6 Å².